The summed E-state index contributed by atoms with van der Waals surface area (Å²) in [5.74, 6) is -0.0757. The van der Waals surface area contributed by atoms with Gasteiger partial charge in [-0.05, 0) is 12.5 Å². The van der Waals surface area contributed by atoms with Gasteiger partial charge in [0, 0.05) is 13.1 Å². The van der Waals surface area contributed by atoms with Gasteiger partial charge in [-0.2, -0.15) is 4.98 Å². The Morgan fingerprint density at radius 1 is 1.58 bits per heavy atom. The van der Waals surface area contributed by atoms with Crippen molar-refractivity contribution in [3.8, 4) is 6.01 Å². The highest BCUT2D eigenvalue weighted by atomic mass is 16.5. The Labute approximate surface area is 70.6 Å². The van der Waals surface area contributed by atoms with E-state index in [1.54, 1.807) is 13.1 Å². The molecule has 0 aromatic carbocycles. The fraction of sp³-hybridized carbons (Fsp3) is 0.375. The number of carbonyl (C=O) groups excluding carboxylic acids is 1. The van der Waals surface area contributed by atoms with E-state index < -0.39 is 0 Å². The van der Waals surface area contributed by atoms with E-state index >= 15 is 0 Å². The van der Waals surface area contributed by atoms with Crippen LogP contribution in [-0.4, -0.2) is 22.9 Å². The second kappa shape index (κ2) is 3.30. The smallest absolute Gasteiger partial charge is 0.316 e. The Balaban J connectivity index is 3.17. The van der Waals surface area contributed by atoms with Crippen LogP contribution in [0.5, 0.6) is 6.01 Å². The molecule has 0 aliphatic heterocycles. The SMILES string of the molecule is COc1ncc(C)c(C(C)=O)n1. The average Bonchev–Trinajstić information content (AvgIpc) is 2.05. The Kier molecular flexibility index (Phi) is 2.38. The van der Waals surface area contributed by atoms with Crippen molar-refractivity contribution in [2.45, 2.75) is 13.8 Å². The molecule has 12 heavy (non-hydrogen) atoms. The molecule has 0 saturated heterocycles. The molecule has 0 N–H and O–H groups in total. The highest BCUT2D eigenvalue weighted by Crippen LogP contribution is 2.08. The number of carbonyl (C=O) groups is 1. The first-order chi connectivity index (χ1) is 5.65. The maximum Gasteiger partial charge on any atom is 0.316 e. The molecule has 0 saturated carbocycles. The number of ketones is 1. The van der Waals surface area contributed by atoms with Crippen LogP contribution in [0.25, 0.3) is 0 Å². The van der Waals surface area contributed by atoms with Crippen LogP contribution < -0.4 is 4.74 Å². The molecule has 0 unspecified atom stereocenters. The maximum absolute atomic E-state index is 11.0. The summed E-state index contributed by atoms with van der Waals surface area (Å²) < 4.78 is 4.79. The number of hydrogen-bond acceptors (Lipinski definition) is 4. The zero-order chi connectivity index (χ0) is 9.14. The first-order valence-corrected chi connectivity index (χ1v) is 3.53. The Morgan fingerprint density at radius 3 is 2.75 bits per heavy atom. The lowest BCUT2D eigenvalue weighted by molar-refractivity contribution is 0.101. The molecule has 1 rings (SSSR count). The first-order valence-electron chi connectivity index (χ1n) is 3.53. The van der Waals surface area contributed by atoms with Crippen molar-refractivity contribution in [2.24, 2.45) is 0 Å². The molecule has 4 nitrogen and oxygen atoms in total. The van der Waals surface area contributed by atoms with Crippen molar-refractivity contribution >= 4 is 5.78 Å². The molecule has 0 aliphatic rings. The molecule has 0 amide bonds. The van der Waals surface area contributed by atoms with E-state index in [4.69, 9.17) is 4.74 Å². The molecule has 64 valence electrons. The number of hydrogen-bond donors (Lipinski definition) is 0. The molecule has 0 fully saturated rings. The predicted octanol–water partition coefficient (Wildman–Crippen LogP) is 0.996. The highest BCUT2D eigenvalue weighted by Gasteiger charge is 2.07. The van der Waals surface area contributed by atoms with Gasteiger partial charge >= 0.3 is 6.01 Å². The standard InChI is InChI=1S/C8H10N2O2/c1-5-4-9-8(12-3)10-7(5)6(2)11/h4H,1-3H3. The van der Waals surface area contributed by atoms with Crippen LogP contribution in [0.15, 0.2) is 6.20 Å². The Bertz CT molecular complexity index is 310. The van der Waals surface area contributed by atoms with Gasteiger partial charge < -0.3 is 4.74 Å². The van der Waals surface area contributed by atoms with E-state index in [-0.39, 0.29) is 11.8 Å². The predicted molar refractivity (Wildman–Crippen MR) is 43.3 cm³/mol. The largest absolute Gasteiger partial charge is 0.467 e. The van der Waals surface area contributed by atoms with Crippen molar-refractivity contribution in [3.63, 3.8) is 0 Å². The molecule has 0 spiro atoms. The molecule has 4 heteroatoms. The summed E-state index contributed by atoms with van der Waals surface area (Å²) in [5.41, 5.74) is 1.19. The molecule has 1 aromatic rings. The third-order valence-electron chi connectivity index (χ3n) is 1.47. The number of aryl methyl sites for hydroxylation is 1. The van der Waals surface area contributed by atoms with Gasteiger partial charge in [0.15, 0.2) is 5.78 Å². The zero-order valence-corrected chi connectivity index (χ0v) is 7.29. The lowest BCUT2D eigenvalue weighted by Gasteiger charge is -2.01. The van der Waals surface area contributed by atoms with Gasteiger partial charge in [-0.25, -0.2) is 4.98 Å². The summed E-state index contributed by atoms with van der Waals surface area (Å²) in [6, 6.07) is 0.228. The minimum Gasteiger partial charge on any atom is -0.467 e. The van der Waals surface area contributed by atoms with Gasteiger partial charge in [-0.15, -0.1) is 0 Å². The van der Waals surface area contributed by atoms with E-state index in [1.807, 2.05) is 0 Å². The van der Waals surface area contributed by atoms with Crippen molar-refractivity contribution < 1.29 is 9.53 Å². The third kappa shape index (κ3) is 1.58. The normalized spacial score (nSPS) is 9.58. The monoisotopic (exact) mass is 166 g/mol. The molecule has 0 atom stereocenters. The van der Waals surface area contributed by atoms with E-state index in [2.05, 4.69) is 9.97 Å². The molecule has 0 radical (unpaired) electrons. The summed E-state index contributed by atoms with van der Waals surface area (Å²) in [4.78, 5) is 18.8. The Morgan fingerprint density at radius 2 is 2.25 bits per heavy atom. The third-order valence-corrected chi connectivity index (χ3v) is 1.47. The van der Waals surface area contributed by atoms with Crippen LogP contribution in [0.4, 0.5) is 0 Å². The van der Waals surface area contributed by atoms with Crippen molar-refractivity contribution in [1.82, 2.24) is 9.97 Å². The molecule has 0 aliphatic carbocycles. The second-order valence-electron chi connectivity index (χ2n) is 2.44. The van der Waals surface area contributed by atoms with Gasteiger partial charge in [0.2, 0.25) is 0 Å². The van der Waals surface area contributed by atoms with Crippen molar-refractivity contribution in [1.29, 1.82) is 0 Å². The fourth-order valence-corrected chi connectivity index (χ4v) is 0.881. The number of Topliss-reactive ketones (excluding diaryl/α,β-unsaturated/α-hetero) is 1. The fourth-order valence-electron chi connectivity index (χ4n) is 0.881. The van der Waals surface area contributed by atoms with E-state index in [0.29, 0.717) is 5.69 Å². The van der Waals surface area contributed by atoms with Gasteiger partial charge in [0.05, 0.1) is 7.11 Å². The van der Waals surface area contributed by atoms with Crippen molar-refractivity contribution in [2.75, 3.05) is 7.11 Å². The lowest BCUT2D eigenvalue weighted by atomic mass is 10.2. The van der Waals surface area contributed by atoms with E-state index in [1.165, 1.54) is 14.0 Å². The van der Waals surface area contributed by atoms with Gasteiger partial charge in [-0.1, -0.05) is 0 Å². The Hall–Kier alpha value is -1.45. The average molecular weight is 166 g/mol. The summed E-state index contributed by atoms with van der Waals surface area (Å²) >= 11 is 0. The molecule has 1 aromatic heterocycles. The molecular weight excluding hydrogens is 156 g/mol. The van der Waals surface area contributed by atoms with Crippen molar-refractivity contribution in [3.05, 3.63) is 17.5 Å². The van der Waals surface area contributed by atoms with E-state index in [0.717, 1.165) is 5.56 Å². The van der Waals surface area contributed by atoms with Crippen LogP contribution in [0, 0.1) is 6.92 Å². The number of methoxy groups -OCH3 is 1. The summed E-state index contributed by atoms with van der Waals surface area (Å²) in [6.07, 6.45) is 1.57. The lowest BCUT2D eigenvalue weighted by Crippen LogP contribution is -2.03. The molecule has 0 bridgehead atoms. The molecular formula is C8H10N2O2. The maximum atomic E-state index is 11.0. The summed E-state index contributed by atoms with van der Waals surface area (Å²) in [5, 5.41) is 0. The second-order valence-corrected chi connectivity index (χ2v) is 2.44. The number of aromatic nitrogens is 2. The van der Waals surface area contributed by atoms with Gasteiger partial charge in [-0.3, -0.25) is 4.79 Å². The van der Waals surface area contributed by atoms with Crippen LogP contribution in [0.2, 0.25) is 0 Å². The van der Waals surface area contributed by atoms with Gasteiger partial charge in [0.25, 0.3) is 0 Å². The van der Waals surface area contributed by atoms with Crippen LogP contribution in [-0.2, 0) is 0 Å². The van der Waals surface area contributed by atoms with E-state index in [9.17, 15) is 4.79 Å². The number of nitrogens with zero attached hydrogens (tertiary/aromatic N) is 2. The number of ether oxygens (including phenoxy) is 1. The summed E-state index contributed by atoms with van der Waals surface area (Å²) in [6.45, 7) is 3.25. The quantitative estimate of drug-likeness (QED) is 0.615. The minimum absolute atomic E-state index is 0.0757. The molecule has 1 heterocycles. The topological polar surface area (TPSA) is 52.1 Å². The van der Waals surface area contributed by atoms with Crippen LogP contribution >= 0.6 is 0 Å². The number of rotatable bonds is 2. The van der Waals surface area contributed by atoms with Gasteiger partial charge in [0.1, 0.15) is 5.69 Å². The van der Waals surface area contributed by atoms with Crippen LogP contribution in [0.1, 0.15) is 23.0 Å². The highest BCUT2D eigenvalue weighted by molar-refractivity contribution is 5.93. The zero-order valence-electron chi connectivity index (χ0n) is 7.29. The minimum atomic E-state index is -0.0757. The van der Waals surface area contributed by atoms with Crippen LogP contribution in [0.3, 0.4) is 0 Å². The first kappa shape index (κ1) is 8.64. The summed E-state index contributed by atoms with van der Waals surface area (Å²) in [7, 11) is 1.47.